The van der Waals surface area contributed by atoms with Gasteiger partial charge in [0.1, 0.15) is 5.82 Å². The van der Waals surface area contributed by atoms with Crippen molar-refractivity contribution < 1.29 is 4.39 Å². The Kier molecular flexibility index (Phi) is 4.51. The van der Waals surface area contributed by atoms with E-state index in [0.29, 0.717) is 18.0 Å². The minimum Gasteiger partial charge on any atom is -0.330 e. The number of rotatable bonds is 2. The molecule has 0 bridgehead atoms. The highest BCUT2D eigenvalue weighted by Crippen LogP contribution is 2.15. The molecule has 0 aliphatic carbocycles. The number of benzene rings is 1. The normalized spacial score (nSPS) is 9.84. The molecule has 0 saturated heterocycles. The highest BCUT2D eigenvalue weighted by Gasteiger charge is 2.01. The Hall–Kier alpha value is -1.89. The van der Waals surface area contributed by atoms with E-state index in [1.807, 2.05) is 0 Å². The fourth-order valence-corrected chi connectivity index (χ4v) is 1.79. The van der Waals surface area contributed by atoms with Gasteiger partial charge in [0.05, 0.1) is 10.7 Å². The second kappa shape index (κ2) is 6.33. The summed E-state index contributed by atoms with van der Waals surface area (Å²) in [7, 11) is 0. The van der Waals surface area contributed by atoms with Crippen molar-refractivity contribution in [2.24, 2.45) is 5.73 Å². The van der Waals surface area contributed by atoms with Gasteiger partial charge in [-0.25, -0.2) is 4.39 Å². The van der Waals surface area contributed by atoms with Gasteiger partial charge in [-0.05, 0) is 36.9 Å². The quantitative estimate of drug-likeness (QED) is 0.856. The van der Waals surface area contributed by atoms with E-state index in [1.54, 1.807) is 24.4 Å². The van der Waals surface area contributed by atoms with Crippen LogP contribution in [0.3, 0.4) is 0 Å². The molecule has 0 amide bonds. The molecular formula is C15H12ClFN2. The molecule has 0 saturated carbocycles. The molecule has 2 aromatic rings. The Labute approximate surface area is 116 Å². The van der Waals surface area contributed by atoms with Gasteiger partial charge in [0.2, 0.25) is 0 Å². The maximum absolute atomic E-state index is 12.7. The first kappa shape index (κ1) is 13.5. The summed E-state index contributed by atoms with van der Waals surface area (Å²) in [6.45, 7) is 0.507. The molecule has 2 rings (SSSR count). The molecular weight excluding hydrogens is 263 g/mol. The Morgan fingerprint density at radius 2 is 1.84 bits per heavy atom. The summed E-state index contributed by atoms with van der Waals surface area (Å²) < 4.78 is 12.7. The molecule has 0 fully saturated rings. The van der Waals surface area contributed by atoms with Crippen LogP contribution in [0.1, 0.15) is 16.8 Å². The molecule has 19 heavy (non-hydrogen) atoms. The van der Waals surface area contributed by atoms with Crippen LogP contribution < -0.4 is 5.73 Å². The smallest absolute Gasteiger partial charge is 0.123 e. The average molecular weight is 275 g/mol. The number of nitrogens with two attached hydrogens (primary N) is 1. The summed E-state index contributed by atoms with van der Waals surface area (Å²) in [4.78, 5) is 4.22. The zero-order chi connectivity index (χ0) is 13.7. The van der Waals surface area contributed by atoms with Crippen LogP contribution in [-0.4, -0.2) is 11.5 Å². The summed E-state index contributed by atoms with van der Waals surface area (Å²) in [5.74, 6) is 5.59. The van der Waals surface area contributed by atoms with E-state index in [2.05, 4.69) is 16.8 Å². The molecule has 0 atom stereocenters. The zero-order valence-electron chi connectivity index (χ0n) is 10.2. The van der Waals surface area contributed by atoms with E-state index in [1.165, 1.54) is 12.1 Å². The van der Waals surface area contributed by atoms with Gasteiger partial charge in [0, 0.05) is 23.7 Å². The third kappa shape index (κ3) is 3.78. The van der Waals surface area contributed by atoms with Crippen LogP contribution in [0, 0.1) is 17.7 Å². The first-order valence-corrected chi connectivity index (χ1v) is 6.19. The Morgan fingerprint density at radius 1 is 1.16 bits per heavy atom. The van der Waals surface area contributed by atoms with Crippen molar-refractivity contribution in [3.8, 4) is 11.8 Å². The van der Waals surface area contributed by atoms with Crippen molar-refractivity contribution in [3.63, 3.8) is 0 Å². The van der Waals surface area contributed by atoms with E-state index in [0.717, 1.165) is 16.8 Å². The maximum Gasteiger partial charge on any atom is 0.123 e. The molecule has 2 N–H and O–H groups in total. The Bertz CT molecular complexity index is 627. The van der Waals surface area contributed by atoms with Crippen LogP contribution in [0.2, 0.25) is 5.02 Å². The highest BCUT2D eigenvalue weighted by molar-refractivity contribution is 6.31. The van der Waals surface area contributed by atoms with Crippen LogP contribution in [0.4, 0.5) is 4.39 Å². The molecule has 0 unspecified atom stereocenters. The van der Waals surface area contributed by atoms with Gasteiger partial charge in [-0.3, -0.25) is 4.98 Å². The second-order valence-electron chi connectivity index (χ2n) is 3.95. The van der Waals surface area contributed by atoms with Crippen LogP contribution in [0.15, 0.2) is 36.5 Å². The summed E-state index contributed by atoms with van der Waals surface area (Å²) in [5, 5.41) is 0.566. The van der Waals surface area contributed by atoms with Crippen molar-refractivity contribution in [1.29, 1.82) is 0 Å². The third-order valence-electron chi connectivity index (χ3n) is 2.49. The van der Waals surface area contributed by atoms with E-state index >= 15 is 0 Å². The van der Waals surface area contributed by atoms with Crippen molar-refractivity contribution in [1.82, 2.24) is 4.98 Å². The highest BCUT2D eigenvalue weighted by atomic mass is 35.5. The Morgan fingerprint density at radius 3 is 2.47 bits per heavy atom. The first-order chi connectivity index (χ1) is 9.19. The molecule has 0 aliphatic rings. The molecule has 1 aromatic carbocycles. The van der Waals surface area contributed by atoms with Gasteiger partial charge in [0.25, 0.3) is 0 Å². The largest absolute Gasteiger partial charge is 0.330 e. The summed E-state index contributed by atoms with van der Waals surface area (Å²) >= 11 is 6.08. The average Bonchev–Trinajstić information content (AvgIpc) is 2.41. The van der Waals surface area contributed by atoms with Crippen molar-refractivity contribution in [2.75, 3.05) is 6.54 Å². The number of aromatic nitrogens is 1. The predicted molar refractivity (Wildman–Crippen MR) is 74.4 cm³/mol. The SMILES string of the molecule is NCCc1ncc(C#Cc2ccc(F)cc2)cc1Cl. The minimum absolute atomic E-state index is 0.276. The standard InChI is InChI=1S/C15H12ClFN2/c16-14-9-12(10-19-15(14)7-8-18)2-1-11-3-5-13(17)6-4-11/h3-6,9-10H,7-8,18H2. The van der Waals surface area contributed by atoms with Crippen LogP contribution in [0.25, 0.3) is 0 Å². The van der Waals surface area contributed by atoms with Gasteiger partial charge < -0.3 is 5.73 Å². The third-order valence-corrected chi connectivity index (χ3v) is 2.82. The van der Waals surface area contributed by atoms with Gasteiger partial charge in [-0.15, -0.1) is 0 Å². The lowest BCUT2D eigenvalue weighted by Gasteiger charge is -2.01. The second-order valence-corrected chi connectivity index (χ2v) is 4.36. The lowest BCUT2D eigenvalue weighted by molar-refractivity contribution is 0.627. The fraction of sp³-hybridized carbons (Fsp3) is 0.133. The van der Waals surface area contributed by atoms with E-state index in [4.69, 9.17) is 17.3 Å². The molecule has 0 spiro atoms. The number of hydrogen-bond acceptors (Lipinski definition) is 2. The number of hydrogen-bond donors (Lipinski definition) is 1. The Balaban J connectivity index is 2.20. The topological polar surface area (TPSA) is 38.9 Å². The fourth-order valence-electron chi connectivity index (χ4n) is 1.53. The molecule has 0 radical (unpaired) electrons. The van der Waals surface area contributed by atoms with Gasteiger partial charge in [0.15, 0.2) is 0 Å². The van der Waals surface area contributed by atoms with Crippen molar-refractivity contribution in [3.05, 3.63) is 64.2 Å². The van der Waals surface area contributed by atoms with Crippen LogP contribution in [-0.2, 0) is 6.42 Å². The van der Waals surface area contributed by atoms with Gasteiger partial charge in [-0.2, -0.15) is 0 Å². The molecule has 4 heteroatoms. The van der Waals surface area contributed by atoms with Crippen LogP contribution >= 0.6 is 11.6 Å². The van der Waals surface area contributed by atoms with E-state index in [9.17, 15) is 4.39 Å². The molecule has 2 nitrogen and oxygen atoms in total. The molecule has 1 aromatic heterocycles. The lowest BCUT2D eigenvalue weighted by Crippen LogP contribution is -2.05. The number of pyridine rings is 1. The number of nitrogens with zero attached hydrogens (tertiary/aromatic N) is 1. The zero-order valence-corrected chi connectivity index (χ0v) is 10.9. The molecule has 96 valence electrons. The van der Waals surface area contributed by atoms with Crippen molar-refractivity contribution >= 4 is 11.6 Å². The molecule has 1 heterocycles. The summed E-state index contributed by atoms with van der Waals surface area (Å²) in [6, 6.07) is 7.76. The monoisotopic (exact) mass is 274 g/mol. The summed E-state index contributed by atoms with van der Waals surface area (Å²) in [5.41, 5.74) is 7.69. The first-order valence-electron chi connectivity index (χ1n) is 5.81. The van der Waals surface area contributed by atoms with Crippen LogP contribution in [0.5, 0.6) is 0 Å². The number of halogens is 2. The summed E-state index contributed by atoms with van der Waals surface area (Å²) in [6.07, 6.45) is 2.30. The van der Waals surface area contributed by atoms with E-state index < -0.39 is 0 Å². The van der Waals surface area contributed by atoms with Crippen molar-refractivity contribution in [2.45, 2.75) is 6.42 Å². The molecule has 0 aliphatic heterocycles. The predicted octanol–water partition coefficient (Wildman–Crippen LogP) is 2.78. The van der Waals surface area contributed by atoms with E-state index in [-0.39, 0.29) is 5.82 Å². The minimum atomic E-state index is -0.276. The van der Waals surface area contributed by atoms with Gasteiger partial charge in [-0.1, -0.05) is 23.4 Å². The maximum atomic E-state index is 12.7. The lowest BCUT2D eigenvalue weighted by atomic mass is 10.2. The van der Waals surface area contributed by atoms with Gasteiger partial charge >= 0.3 is 0 Å².